The minimum atomic E-state index is -0.211. The van der Waals surface area contributed by atoms with E-state index >= 15 is 0 Å². The molecule has 0 saturated carbocycles. The number of urea groups is 1. The third-order valence-corrected chi connectivity index (χ3v) is 4.18. The van der Waals surface area contributed by atoms with Gasteiger partial charge in [-0.3, -0.25) is 4.98 Å². The van der Waals surface area contributed by atoms with Gasteiger partial charge in [0.05, 0.1) is 39.3 Å². The number of aromatic nitrogens is 1. The van der Waals surface area contributed by atoms with Crippen LogP contribution in [0.15, 0.2) is 65.4 Å². The minimum absolute atomic E-state index is 0.211. The Kier molecular flexibility index (Phi) is 6.51. The molecule has 0 unspecified atom stereocenters. The Morgan fingerprint density at radius 1 is 1.07 bits per heavy atom. The number of nitrogens with zero attached hydrogens (tertiary/aromatic N) is 2. The number of pyridine rings is 1. The number of benzene rings is 1. The van der Waals surface area contributed by atoms with Crippen molar-refractivity contribution in [2.45, 2.75) is 19.6 Å². The highest BCUT2D eigenvalue weighted by molar-refractivity contribution is 5.74. The molecule has 3 aromatic rings. The summed E-state index contributed by atoms with van der Waals surface area (Å²) in [5.41, 5.74) is 1.71. The summed E-state index contributed by atoms with van der Waals surface area (Å²) in [5.74, 6) is 1.97. The zero-order valence-electron chi connectivity index (χ0n) is 15.9. The molecule has 7 nitrogen and oxygen atoms in total. The molecule has 0 aliphatic heterocycles. The molecule has 2 aromatic heterocycles. The van der Waals surface area contributed by atoms with Crippen LogP contribution in [0.1, 0.15) is 17.0 Å². The Morgan fingerprint density at radius 2 is 1.93 bits per heavy atom. The Morgan fingerprint density at radius 3 is 2.61 bits per heavy atom. The fourth-order valence-corrected chi connectivity index (χ4v) is 2.76. The van der Waals surface area contributed by atoms with Gasteiger partial charge in [-0.25, -0.2) is 4.79 Å². The van der Waals surface area contributed by atoms with Crippen LogP contribution in [0.5, 0.6) is 11.5 Å². The molecular weight excluding hydrogens is 358 g/mol. The first-order valence-electron chi connectivity index (χ1n) is 8.85. The van der Waals surface area contributed by atoms with Gasteiger partial charge in [0, 0.05) is 12.7 Å². The molecule has 0 spiro atoms. The summed E-state index contributed by atoms with van der Waals surface area (Å²) >= 11 is 0. The highest BCUT2D eigenvalue weighted by Gasteiger charge is 2.16. The topological polar surface area (TPSA) is 76.8 Å². The van der Waals surface area contributed by atoms with Crippen molar-refractivity contribution in [3.63, 3.8) is 0 Å². The Balaban J connectivity index is 1.68. The quantitative estimate of drug-likeness (QED) is 0.645. The molecule has 0 aliphatic carbocycles. The highest BCUT2D eigenvalue weighted by Crippen LogP contribution is 2.27. The van der Waals surface area contributed by atoms with E-state index in [1.807, 2.05) is 42.5 Å². The maximum Gasteiger partial charge on any atom is 0.318 e. The highest BCUT2D eigenvalue weighted by atomic mass is 16.5. The van der Waals surface area contributed by atoms with Gasteiger partial charge in [-0.15, -0.1) is 0 Å². The van der Waals surface area contributed by atoms with Crippen molar-refractivity contribution in [1.29, 1.82) is 0 Å². The van der Waals surface area contributed by atoms with Crippen molar-refractivity contribution >= 4 is 6.03 Å². The third kappa shape index (κ3) is 5.03. The lowest BCUT2D eigenvalue weighted by Gasteiger charge is -2.22. The molecule has 2 heterocycles. The van der Waals surface area contributed by atoms with Gasteiger partial charge in [-0.05, 0) is 42.0 Å². The van der Waals surface area contributed by atoms with Gasteiger partial charge >= 0.3 is 6.03 Å². The van der Waals surface area contributed by atoms with Gasteiger partial charge in [0.2, 0.25) is 0 Å². The van der Waals surface area contributed by atoms with E-state index < -0.39 is 0 Å². The fourth-order valence-electron chi connectivity index (χ4n) is 2.76. The van der Waals surface area contributed by atoms with Crippen LogP contribution < -0.4 is 14.8 Å². The zero-order chi connectivity index (χ0) is 19.8. The number of carbonyl (C=O) groups is 1. The average Bonchev–Trinajstić information content (AvgIpc) is 3.25. The molecule has 2 amide bonds. The predicted octanol–water partition coefficient (Wildman–Crippen LogP) is 3.60. The SMILES string of the molecule is COc1ccc(CNC(=O)N(Cc2ccccn2)Cc2ccco2)cc1OC. The van der Waals surface area contributed by atoms with Crippen molar-refractivity contribution in [3.05, 3.63) is 78.0 Å². The van der Waals surface area contributed by atoms with Crippen LogP contribution in [0.25, 0.3) is 0 Å². The molecular formula is C21H23N3O4. The zero-order valence-corrected chi connectivity index (χ0v) is 15.9. The maximum atomic E-state index is 12.8. The van der Waals surface area contributed by atoms with E-state index in [1.165, 1.54) is 0 Å². The molecule has 0 atom stereocenters. The molecule has 0 fully saturated rings. The molecule has 0 radical (unpaired) electrons. The van der Waals surface area contributed by atoms with Crippen LogP contribution in [0.2, 0.25) is 0 Å². The summed E-state index contributed by atoms with van der Waals surface area (Å²) in [4.78, 5) is 18.8. The predicted molar refractivity (Wildman–Crippen MR) is 104 cm³/mol. The summed E-state index contributed by atoms with van der Waals surface area (Å²) in [6, 6.07) is 14.6. The van der Waals surface area contributed by atoms with Gasteiger partial charge in [0.15, 0.2) is 11.5 Å². The van der Waals surface area contributed by atoms with Crippen LogP contribution >= 0.6 is 0 Å². The number of hydrogen-bond acceptors (Lipinski definition) is 5. The number of furan rings is 1. The lowest BCUT2D eigenvalue weighted by atomic mass is 10.2. The second kappa shape index (κ2) is 9.45. The van der Waals surface area contributed by atoms with Gasteiger partial charge in [0.25, 0.3) is 0 Å². The summed E-state index contributed by atoms with van der Waals surface area (Å²) in [7, 11) is 3.17. The number of hydrogen-bond donors (Lipinski definition) is 1. The summed E-state index contributed by atoms with van der Waals surface area (Å²) in [6.07, 6.45) is 3.30. The van der Waals surface area contributed by atoms with Crippen LogP contribution in [-0.2, 0) is 19.6 Å². The van der Waals surface area contributed by atoms with Gasteiger partial charge in [-0.2, -0.15) is 0 Å². The minimum Gasteiger partial charge on any atom is -0.493 e. The van der Waals surface area contributed by atoms with E-state index in [9.17, 15) is 4.79 Å². The van der Waals surface area contributed by atoms with Crippen LogP contribution in [-0.4, -0.2) is 30.1 Å². The second-order valence-electron chi connectivity index (χ2n) is 6.10. The summed E-state index contributed by atoms with van der Waals surface area (Å²) < 4.78 is 16.0. The summed E-state index contributed by atoms with van der Waals surface area (Å²) in [5, 5.41) is 2.94. The van der Waals surface area contributed by atoms with Crippen molar-refractivity contribution in [2.75, 3.05) is 14.2 Å². The van der Waals surface area contributed by atoms with Gasteiger partial charge in [0.1, 0.15) is 5.76 Å². The number of methoxy groups -OCH3 is 2. The van der Waals surface area contributed by atoms with Crippen LogP contribution in [0.3, 0.4) is 0 Å². The third-order valence-electron chi connectivity index (χ3n) is 4.18. The molecule has 0 saturated heterocycles. The Hall–Kier alpha value is -3.48. The van der Waals surface area contributed by atoms with Gasteiger partial charge < -0.3 is 24.1 Å². The van der Waals surface area contributed by atoms with Gasteiger partial charge in [-0.1, -0.05) is 12.1 Å². The van der Waals surface area contributed by atoms with Crippen molar-refractivity contribution in [3.8, 4) is 11.5 Å². The number of rotatable bonds is 8. The average molecular weight is 381 g/mol. The number of carbonyl (C=O) groups excluding carboxylic acids is 1. The first kappa shape index (κ1) is 19.3. The number of ether oxygens (including phenoxy) is 2. The summed E-state index contributed by atoms with van der Waals surface area (Å²) in [6.45, 7) is 1.08. The van der Waals surface area contributed by atoms with E-state index in [0.29, 0.717) is 36.9 Å². The Labute approximate surface area is 163 Å². The largest absolute Gasteiger partial charge is 0.493 e. The van der Waals surface area contributed by atoms with E-state index in [1.54, 1.807) is 37.6 Å². The molecule has 146 valence electrons. The van der Waals surface area contributed by atoms with E-state index in [4.69, 9.17) is 13.9 Å². The number of amides is 2. The molecule has 1 N–H and O–H groups in total. The molecule has 28 heavy (non-hydrogen) atoms. The van der Waals surface area contributed by atoms with Crippen LogP contribution in [0, 0.1) is 0 Å². The molecule has 7 heteroatoms. The van der Waals surface area contributed by atoms with Crippen molar-refractivity contribution in [1.82, 2.24) is 15.2 Å². The smallest absolute Gasteiger partial charge is 0.318 e. The van der Waals surface area contributed by atoms with E-state index in [0.717, 1.165) is 11.3 Å². The molecule has 1 aromatic carbocycles. The van der Waals surface area contributed by atoms with E-state index in [-0.39, 0.29) is 6.03 Å². The van der Waals surface area contributed by atoms with Crippen molar-refractivity contribution < 1.29 is 18.7 Å². The van der Waals surface area contributed by atoms with Crippen LogP contribution in [0.4, 0.5) is 4.79 Å². The molecule has 0 aliphatic rings. The monoisotopic (exact) mass is 381 g/mol. The van der Waals surface area contributed by atoms with Crippen molar-refractivity contribution in [2.24, 2.45) is 0 Å². The normalized spacial score (nSPS) is 10.4. The van der Waals surface area contributed by atoms with E-state index in [2.05, 4.69) is 10.3 Å². The Bertz CT molecular complexity index is 882. The molecule has 3 rings (SSSR count). The first-order valence-corrected chi connectivity index (χ1v) is 8.85. The lowest BCUT2D eigenvalue weighted by molar-refractivity contribution is 0.186. The first-order chi connectivity index (χ1) is 13.7. The fraction of sp³-hybridized carbons (Fsp3) is 0.238. The number of nitrogens with one attached hydrogen (secondary N) is 1. The lowest BCUT2D eigenvalue weighted by Crippen LogP contribution is -2.38. The molecule has 0 bridgehead atoms. The standard InChI is InChI=1S/C21H23N3O4/c1-26-19-9-8-16(12-20(19)27-2)13-23-21(25)24(15-18-7-5-11-28-18)14-17-6-3-4-10-22-17/h3-12H,13-15H2,1-2H3,(H,23,25). The maximum absolute atomic E-state index is 12.8. The second-order valence-corrected chi connectivity index (χ2v) is 6.10.